The van der Waals surface area contributed by atoms with Crippen molar-refractivity contribution in [1.29, 1.82) is 0 Å². The van der Waals surface area contributed by atoms with E-state index in [1.807, 2.05) is 4.90 Å². The first kappa shape index (κ1) is 18.3. The molecule has 0 amide bonds. The summed E-state index contributed by atoms with van der Waals surface area (Å²) in [5, 5.41) is 0.431. The second-order valence-corrected chi connectivity index (χ2v) is 5.74. The maximum absolute atomic E-state index is 13.3. The Morgan fingerprint density at radius 1 is 1.05 bits per heavy atom. The molecule has 1 rings (SSSR count). The topological polar surface area (TPSA) is 3.24 Å². The van der Waals surface area contributed by atoms with E-state index in [0.717, 1.165) is 25.7 Å². The molecule has 0 aliphatic heterocycles. The van der Waals surface area contributed by atoms with Crippen LogP contribution in [0.4, 0.5) is 18.9 Å². The van der Waals surface area contributed by atoms with E-state index in [4.69, 9.17) is 0 Å². The van der Waals surface area contributed by atoms with E-state index in [1.54, 1.807) is 12.1 Å². The minimum absolute atomic E-state index is 0.314. The van der Waals surface area contributed by atoms with Gasteiger partial charge in [-0.15, -0.1) is 0 Å². The number of alkyl halides is 4. The van der Waals surface area contributed by atoms with Gasteiger partial charge in [-0.3, -0.25) is 0 Å². The van der Waals surface area contributed by atoms with Crippen LogP contribution in [-0.4, -0.2) is 13.1 Å². The van der Waals surface area contributed by atoms with Crippen molar-refractivity contribution in [3.05, 3.63) is 29.3 Å². The highest BCUT2D eigenvalue weighted by atomic mass is 79.9. The van der Waals surface area contributed by atoms with E-state index in [0.29, 0.717) is 29.7 Å². The number of rotatable bonds is 8. The van der Waals surface area contributed by atoms with Crippen molar-refractivity contribution in [3.8, 4) is 0 Å². The molecule has 1 nitrogen and oxygen atoms in total. The molecule has 1 aromatic rings. The molecule has 0 unspecified atom stereocenters. The molecule has 0 spiro atoms. The Hall–Kier alpha value is -0.710. The molecule has 21 heavy (non-hydrogen) atoms. The van der Waals surface area contributed by atoms with Gasteiger partial charge in [0.2, 0.25) is 0 Å². The van der Waals surface area contributed by atoms with Gasteiger partial charge in [0.1, 0.15) is 0 Å². The molecule has 0 radical (unpaired) electrons. The fourth-order valence-corrected chi connectivity index (χ4v) is 2.57. The van der Waals surface area contributed by atoms with Crippen LogP contribution in [0.2, 0.25) is 0 Å². The summed E-state index contributed by atoms with van der Waals surface area (Å²) in [7, 11) is 0. The molecule has 0 bridgehead atoms. The third-order valence-electron chi connectivity index (χ3n) is 3.42. The maximum Gasteiger partial charge on any atom is 0.418 e. The molecule has 1 aromatic carbocycles. The van der Waals surface area contributed by atoms with Gasteiger partial charge in [0.05, 0.1) is 5.56 Å². The molecule has 0 aliphatic rings. The molecule has 0 atom stereocenters. The van der Waals surface area contributed by atoms with Crippen LogP contribution >= 0.6 is 15.9 Å². The second-order valence-electron chi connectivity index (χ2n) is 5.18. The van der Waals surface area contributed by atoms with Gasteiger partial charge < -0.3 is 4.90 Å². The fourth-order valence-electron chi connectivity index (χ4n) is 2.22. The highest BCUT2D eigenvalue weighted by Gasteiger charge is 2.35. The van der Waals surface area contributed by atoms with Crippen LogP contribution in [0.15, 0.2) is 18.2 Å². The molecule has 0 aliphatic carbocycles. The van der Waals surface area contributed by atoms with E-state index in [9.17, 15) is 13.2 Å². The quantitative estimate of drug-likeness (QED) is 0.510. The summed E-state index contributed by atoms with van der Waals surface area (Å²) in [4.78, 5) is 1.88. The second kappa shape index (κ2) is 8.66. The molecule has 0 N–H and O–H groups in total. The number of anilines is 1. The van der Waals surface area contributed by atoms with E-state index in [2.05, 4.69) is 29.8 Å². The van der Waals surface area contributed by atoms with Gasteiger partial charge in [-0.1, -0.05) is 48.7 Å². The average molecular weight is 366 g/mol. The van der Waals surface area contributed by atoms with Crippen molar-refractivity contribution in [3.63, 3.8) is 0 Å². The lowest BCUT2D eigenvalue weighted by Gasteiger charge is -2.28. The van der Waals surface area contributed by atoms with Crippen LogP contribution in [0.1, 0.15) is 50.7 Å². The summed E-state index contributed by atoms with van der Waals surface area (Å²) < 4.78 is 40.0. The monoisotopic (exact) mass is 365 g/mol. The Bertz CT molecular complexity index is 424. The number of hydrogen-bond acceptors (Lipinski definition) is 1. The summed E-state index contributed by atoms with van der Waals surface area (Å²) in [6, 6.07) is 4.64. The lowest BCUT2D eigenvalue weighted by molar-refractivity contribution is -0.137. The Labute approximate surface area is 133 Å². The predicted molar refractivity (Wildman–Crippen MR) is 86.1 cm³/mol. The van der Waals surface area contributed by atoms with Crippen molar-refractivity contribution >= 4 is 21.6 Å². The Morgan fingerprint density at radius 3 is 2.05 bits per heavy atom. The molecular weight excluding hydrogens is 343 g/mol. The normalized spacial score (nSPS) is 11.7. The summed E-state index contributed by atoms with van der Waals surface area (Å²) in [6.07, 6.45) is -0.556. The number of benzene rings is 1. The minimum Gasteiger partial charge on any atom is -0.371 e. The number of hydrogen-bond donors (Lipinski definition) is 0. The largest absolute Gasteiger partial charge is 0.418 e. The molecule has 0 aromatic heterocycles. The van der Waals surface area contributed by atoms with Crippen LogP contribution in [0.3, 0.4) is 0 Å². The molecule has 0 heterocycles. The SMILES string of the molecule is CCCCN(CCCC)c1ccc(CBr)cc1C(F)(F)F. The minimum atomic E-state index is -4.32. The number of nitrogens with zero attached hydrogens (tertiary/aromatic N) is 1. The third kappa shape index (κ3) is 5.53. The Kier molecular flexibility index (Phi) is 7.57. The average Bonchev–Trinajstić information content (AvgIpc) is 2.46. The molecule has 0 saturated heterocycles. The molecule has 0 fully saturated rings. The van der Waals surface area contributed by atoms with Gasteiger partial charge in [0.15, 0.2) is 0 Å². The number of halogens is 4. The van der Waals surface area contributed by atoms with Crippen LogP contribution in [-0.2, 0) is 11.5 Å². The van der Waals surface area contributed by atoms with Gasteiger partial charge in [-0.2, -0.15) is 13.2 Å². The van der Waals surface area contributed by atoms with Crippen molar-refractivity contribution in [2.75, 3.05) is 18.0 Å². The van der Waals surface area contributed by atoms with E-state index in [1.165, 1.54) is 6.07 Å². The zero-order valence-corrected chi connectivity index (χ0v) is 14.2. The van der Waals surface area contributed by atoms with E-state index in [-0.39, 0.29) is 0 Å². The van der Waals surface area contributed by atoms with Crippen molar-refractivity contribution < 1.29 is 13.2 Å². The van der Waals surface area contributed by atoms with Crippen LogP contribution in [0.25, 0.3) is 0 Å². The van der Waals surface area contributed by atoms with Gasteiger partial charge in [-0.05, 0) is 30.5 Å². The highest BCUT2D eigenvalue weighted by Crippen LogP contribution is 2.37. The highest BCUT2D eigenvalue weighted by molar-refractivity contribution is 9.08. The zero-order valence-electron chi connectivity index (χ0n) is 12.6. The lowest BCUT2D eigenvalue weighted by atomic mass is 10.1. The Balaban J connectivity index is 3.15. The third-order valence-corrected chi connectivity index (χ3v) is 4.07. The summed E-state index contributed by atoms with van der Waals surface area (Å²) in [5.41, 5.74) is 0.442. The zero-order chi connectivity index (χ0) is 15.9. The molecule has 0 saturated carbocycles. The lowest BCUT2D eigenvalue weighted by Crippen LogP contribution is -2.28. The smallest absolute Gasteiger partial charge is 0.371 e. The Morgan fingerprint density at radius 2 is 1.62 bits per heavy atom. The van der Waals surface area contributed by atoms with E-state index >= 15 is 0 Å². The number of unbranched alkanes of at least 4 members (excludes halogenated alkanes) is 2. The molecule has 120 valence electrons. The molecule has 5 heteroatoms. The van der Waals surface area contributed by atoms with E-state index < -0.39 is 11.7 Å². The van der Waals surface area contributed by atoms with Crippen LogP contribution < -0.4 is 4.90 Å². The predicted octanol–water partition coefficient (Wildman–Crippen LogP) is 6.01. The van der Waals surface area contributed by atoms with Crippen LogP contribution in [0.5, 0.6) is 0 Å². The summed E-state index contributed by atoms with van der Waals surface area (Å²) in [6.45, 7) is 5.45. The molecular formula is C16H23BrF3N. The summed E-state index contributed by atoms with van der Waals surface area (Å²) >= 11 is 3.22. The first-order valence-corrected chi connectivity index (χ1v) is 8.57. The van der Waals surface area contributed by atoms with Crippen molar-refractivity contribution in [2.24, 2.45) is 0 Å². The van der Waals surface area contributed by atoms with Crippen LogP contribution in [0, 0.1) is 0 Å². The standard InChI is InChI=1S/C16H23BrF3N/c1-3-5-9-21(10-6-4-2)15-8-7-13(12-17)11-14(15)16(18,19)20/h7-8,11H,3-6,9-10,12H2,1-2H3. The van der Waals surface area contributed by atoms with Gasteiger partial charge >= 0.3 is 6.18 Å². The fraction of sp³-hybridized carbons (Fsp3) is 0.625. The van der Waals surface area contributed by atoms with Gasteiger partial charge in [0.25, 0.3) is 0 Å². The van der Waals surface area contributed by atoms with Crippen molar-refractivity contribution in [2.45, 2.75) is 51.0 Å². The summed E-state index contributed by atoms with van der Waals surface area (Å²) in [5.74, 6) is 0. The first-order chi connectivity index (χ1) is 9.93. The van der Waals surface area contributed by atoms with Gasteiger partial charge in [-0.25, -0.2) is 0 Å². The van der Waals surface area contributed by atoms with Crippen molar-refractivity contribution in [1.82, 2.24) is 0 Å². The van der Waals surface area contributed by atoms with Gasteiger partial charge in [0, 0.05) is 24.1 Å². The maximum atomic E-state index is 13.3. The first-order valence-electron chi connectivity index (χ1n) is 7.45.